The smallest absolute Gasteiger partial charge is 0.208 e. The molecule has 0 bridgehead atoms. The molecule has 1 fully saturated rings. The van der Waals surface area contributed by atoms with E-state index in [1.807, 2.05) is 39.1 Å². The Morgan fingerprint density at radius 1 is 1.22 bits per heavy atom. The first-order valence-corrected chi connectivity index (χ1v) is 11.8. The summed E-state index contributed by atoms with van der Waals surface area (Å²) in [5.74, 6) is 3.29. The van der Waals surface area contributed by atoms with E-state index >= 15 is 0 Å². The van der Waals surface area contributed by atoms with E-state index in [2.05, 4.69) is 44.6 Å². The number of rotatable bonds is 10. The zero-order valence-corrected chi connectivity index (χ0v) is 20.1. The van der Waals surface area contributed by atoms with Gasteiger partial charge in [0.1, 0.15) is 5.76 Å². The molecule has 3 rings (SSSR count). The molecule has 1 saturated heterocycles. The second-order valence-electron chi connectivity index (χ2n) is 8.63. The maximum Gasteiger partial charge on any atom is 0.208 e. The van der Waals surface area contributed by atoms with Crippen molar-refractivity contribution in [3.8, 4) is 0 Å². The minimum atomic E-state index is 0.121. The molecule has 1 aromatic heterocycles. The molecule has 176 valence electrons. The van der Waals surface area contributed by atoms with Crippen molar-refractivity contribution >= 4 is 5.96 Å². The van der Waals surface area contributed by atoms with Gasteiger partial charge in [-0.05, 0) is 64.6 Å². The van der Waals surface area contributed by atoms with E-state index in [1.54, 1.807) is 0 Å². The average Bonchev–Trinajstić information content (AvgIpc) is 3.13. The van der Waals surface area contributed by atoms with Crippen LogP contribution >= 0.6 is 0 Å². The summed E-state index contributed by atoms with van der Waals surface area (Å²) in [4.78, 5) is 11.3. The summed E-state index contributed by atoms with van der Waals surface area (Å²) in [6.45, 7) is 11.6. The molecule has 0 radical (unpaired) electrons. The second-order valence-corrected chi connectivity index (χ2v) is 8.63. The number of hydrogen-bond donors (Lipinski definition) is 2. The zero-order valence-electron chi connectivity index (χ0n) is 20.1. The predicted octanol–water partition coefficient (Wildman–Crippen LogP) is 3.84. The fourth-order valence-corrected chi connectivity index (χ4v) is 3.97. The first kappa shape index (κ1) is 24.3. The molecule has 7 nitrogen and oxygen atoms in total. The fourth-order valence-electron chi connectivity index (χ4n) is 3.97. The number of nitrogens with zero attached hydrogens (tertiary/aromatic N) is 3. The largest absolute Gasteiger partial charge is 0.444 e. The van der Waals surface area contributed by atoms with Gasteiger partial charge in [-0.2, -0.15) is 0 Å². The van der Waals surface area contributed by atoms with Crippen molar-refractivity contribution in [1.82, 2.24) is 20.5 Å². The third kappa shape index (κ3) is 7.64. The Morgan fingerprint density at radius 2 is 1.97 bits per heavy atom. The topological polar surface area (TPSA) is 74.9 Å². The summed E-state index contributed by atoms with van der Waals surface area (Å²) >= 11 is 0. The van der Waals surface area contributed by atoms with Gasteiger partial charge in [-0.25, -0.2) is 4.98 Å². The maximum atomic E-state index is 5.94. The molecule has 1 aliphatic rings. The van der Waals surface area contributed by atoms with Crippen LogP contribution in [0.4, 0.5) is 0 Å². The molecule has 1 unspecified atom stereocenters. The number of hydrogen-bond acceptors (Lipinski definition) is 5. The lowest BCUT2D eigenvalue weighted by Crippen LogP contribution is -2.43. The molecule has 0 spiro atoms. The number of nitrogens with one attached hydrogen (secondary N) is 2. The van der Waals surface area contributed by atoms with Gasteiger partial charge in [0, 0.05) is 26.7 Å². The van der Waals surface area contributed by atoms with Crippen LogP contribution in [0.1, 0.15) is 55.2 Å². The molecule has 7 heteroatoms. The Morgan fingerprint density at radius 3 is 2.62 bits per heavy atom. The molecule has 0 saturated carbocycles. The zero-order chi connectivity index (χ0) is 22.8. The van der Waals surface area contributed by atoms with Crippen LogP contribution in [0.25, 0.3) is 0 Å². The average molecular weight is 442 g/mol. The molecule has 2 N–H and O–H groups in total. The number of aliphatic imine (C=N–C) groups is 1. The van der Waals surface area contributed by atoms with Gasteiger partial charge in [-0.15, -0.1) is 0 Å². The van der Waals surface area contributed by atoms with E-state index in [0.29, 0.717) is 5.92 Å². The second kappa shape index (κ2) is 12.6. The van der Waals surface area contributed by atoms with Crippen molar-refractivity contribution in [2.45, 2.75) is 52.7 Å². The van der Waals surface area contributed by atoms with Crippen molar-refractivity contribution in [3.63, 3.8) is 0 Å². The monoisotopic (exact) mass is 441 g/mol. The van der Waals surface area contributed by atoms with Crippen LogP contribution in [0, 0.1) is 19.8 Å². The highest BCUT2D eigenvalue weighted by Gasteiger charge is 2.21. The first-order chi connectivity index (χ1) is 15.5. The van der Waals surface area contributed by atoms with Crippen LogP contribution in [0.15, 0.2) is 39.7 Å². The summed E-state index contributed by atoms with van der Waals surface area (Å²) < 4.78 is 11.7. The Hall–Kier alpha value is -2.38. The van der Waals surface area contributed by atoms with Crippen molar-refractivity contribution in [3.05, 3.63) is 53.2 Å². The molecule has 2 aromatic rings. The van der Waals surface area contributed by atoms with Crippen molar-refractivity contribution < 1.29 is 9.15 Å². The van der Waals surface area contributed by atoms with Gasteiger partial charge >= 0.3 is 0 Å². The van der Waals surface area contributed by atoms with E-state index in [9.17, 15) is 0 Å². The number of benzene rings is 1. The lowest BCUT2D eigenvalue weighted by atomic mass is 9.97. The minimum absolute atomic E-state index is 0.121. The molecule has 1 aliphatic heterocycles. The van der Waals surface area contributed by atoms with Gasteiger partial charge in [0.2, 0.25) is 5.89 Å². The molecule has 2 heterocycles. The molecular weight excluding hydrogens is 402 g/mol. The van der Waals surface area contributed by atoms with E-state index in [4.69, 9.17) is 9.15 Å². The molecule has 0 amide bonds. The highest BCUT2D eigenvalue weighted by Crippen LogP contribution is 2.19. The van der Waals surface area contributed by atoms with Crippen LogP contribution in [0.5, 0.6) is 0 Å². The Kier molecular flexibility index (Phi) is 9.56. The van der Waals surface area contributed by atoms with Gasteiger partial charge in [0.25, 0.3) is 0 Å². The Labute approximate surface area is 192 Å². The number of piperidine rings is 1. The minimum Gasteiger partial charge on any atom is -0.444 e. The van der Waals surface area contributed by atoms with Gasteiger partial charge in [0.15, 0.2) is 5.96 Å². The third-order valence-corrected chi connectivity index (χ3v) is 6.17. The van der Waals surface area contributed by atoms with Crippen molar-refractivity contribution in [1.29, 1.82) is 0 Å². The summed E-state index contributed by atoms with van der Waals surface area (Å²) in [5.41, 5.74) is 2.21. The number of ether oxygens (including phenoxy) is 1. The molecular formula is C25H39N5O2. The normalized spacial score (nSPS) is 16.8. The van der Waals surface area contributed by atoms with E-state index in [0.717, 1.165) is 69.1 Å². The SMILES string of the molecule is CN=C(NCCCOC(C)c1ccccc1)NCC1CCN(Cc2nc(C)c(C)o2)CC1. The Balaban J connectivity index is 1.26. The van der Waals surface area contributed by atoms with Crippen LogP contribution in [-0.4, -0.2) is 55.7 Å². The van der Waals surface area contributed by atoms with Crippen molar-refractivity contribution in [2.24, 2.45) is 10.9 Å². The highest BCUT2D eigenvalue weighted by molar-refractivity contribution is 5.79. The summed E-state index contributed by atoms with van der Waals surface area (Å²) in [6.07, 6.45) is 3.41. The maximum absolute atomic E-state index is 5.94. The molecule has 32 heavy (non-hydrogen) atoms. The fraction of sp³-hybridized carbons (Fsp3) is 0.600. The number of likely N-dealkylation sites (tertiary alicyclic amines) is 1. The summed E-state index contributed by atoms with van der Waals surface area (Å²) in [5, 5.41) is 6.89. The van der Waals surface area contributed by atoms with Gasteiger partial charge in [-0.3, -0.25) is 9.89 Å². The lowest BCUT2D eigenvalue weighted by Gasteiger charge is -2.31. The summed E-state index contributed by atoms with van der Waals surface area (Å²) in [7, 11) is 1.83. The quantitative estimate of drug-likeness (QED) is 0.332. The van der Waals surface area contributed by atoms with Gasteiger partial charge < -0.3 is 19.8 Å². The lowest BCUT2D eigenvalue weighted by molar-refractivity contribution is 0.0646. The third-order valence-electron chi connectivity index (χ3n) is 6.17. The number of oxazole rings is 1. The predicted molar refractivity (Wildman–Crippen MR) is 129 cm³/mol. The standard InChI is InChI=1S/C25H39N5O2/c1-19-20(2)32-24(29-19)18-30-14-11-22(12-15-30)17-28-25(26-4)27-13-8-16-31-21(3)23-9-6-5-7-10-23/h5-7,9-10,21-22H,8,11-18H2,1-4H3,(H2,26,27,28). The first-order valence-electron chi connectivity index (χ1n) is 11.8. The molecule has 1 aromatic carbocycles. The number of aromatic nitrogens is 1. The van der Waals surface area contributed by atoms with Crippen LogP contribution in [0.2, 0.25) is 0 Å². The van der Waals surface area contributed by atoms with Crippen LogP contribution in [0.3, 0.4) is 0 Å². The van der Waals surface area contributed by atoms with Gasteiger partial charge in [-0.1, -0.05) is 30.3 Å². The number of aryl methyl sites for hydroxylation is 2. The highest BCUT2D eigenvalue weighted by atomic mass is 16.5. The van der Waals surface area contributed by atoms with E-state index in [-0.39, 0.29) is 6.10 Å². The van der Waals surface area contributed by atoms with Gasteiger partial charge in [0.05, 0.1) is 18.3 Å². The van der Waals surface area contributed by atoms with Crippen LogP contribution in [-0.2, 0) is 11.3 Å². The molecule has 0 aliphatic carbocycles. The summed E-state index contributed by atoms with van der Waals surface area (Å²) in [6, 6.07) is 10.3. The van der Waals surface area contributed by atoms with Crippen molar-refractivity contribution in [2.75, 3.05) is 39.8 Å². The Bertz CT molecular complexity index is 809. The molecule has 1 atom stereocenters. The van der Waals surface area contributed by atoms with E-state index in [1.165, 1.54) is 18.4 Å². The number of guanidine groups is 1. The van der Waals surface area contributed by atoms with Crippen LogP contribution < -0.4 is 10.6 Å². The van der Waals surface area contributed by atoms with E-state index < -0.39 is 0 Å².